The van der Waals surface area contributed by atoms with E-state index in [1.54, 1.807) is 18.2 Å². The molecule has 4 rings (SSSR count). The first-order valence-electron chi connectivity index (χ1n) is 7.00. The Morgan fingerprint density at radius 1 is 1.38 bits per heavy atom. The van der Waals surface area contributed by atoms with Crippen molar-refractivity contribution in [3.63, 3.8) is 0 Å². The molecule has 1 aromatic rings. The summed E-state index contributed by atoms with van der Waals surface area (Å²) in [5.74, 6) is 0.812. The van der Waals surface area contributed by atoms with Crippen LogP contribution < -0.4 is 20.1 Å². The van der Waals surface area contributed by atoms with E-state index in [0.29, 0.717) is 27.9 Å². The van der Waals surface area contributed by atoms with E-state index in [1.165, 1.54) is 6.20 Å². The van der Waals surface area contributed by atoms with Gasteiger partial charge in [-0.1, -0.05) is 11.8 Å². The second-order valence-electron chi connectivity index (χ2n) is 4.98. The first-order chi connectivity index (χ1) is 11.7. The third-order valence-electron chi connectivity index (χ3n) is 3.37. The van der Waals surface area contributed by atoms with Crippen LogP contribution in [0.3, 0.4) is 0 Å². The highest BCUT2D eigenvalue weighted by atomic mass is 32.2. The van der Waals surface area contributed by atoms with Gasteiger partial charge in [-0.3, -0.25) is 9.59 Å². The van der Waals surface area contributed by atoms with Gasteiger partial charge in [0.1, 0.15) is 0 Å². The number of nitrogens with one attached hydrogen (secondary N) is 2. The SMILES string of the molecule is O=C(CSC1=NC2N=NC=C2C(=O)N1)Nc1ccc2c(c1)OCO2. The lowest BCUT2D eigenvalue weighted by Crippen LogP contribution is -2.38. The second-order valence-corrected chi connectivity index (χ2v) is 5.95. The molecule has 10 heteroatoms. The van der Waals surface area contributed by atoms with Gasteiger partial charge in [0, 0.05) is 11.8 Å². The van der Waals surface area contributed by atoms with Gasteiger partial charge < -0.3 is 20.1 Å². The minimum atomic E-state index is -0.599. The summed E-state index contributed by atoms with van der Waals surface area (Å²) in [6, 6.07) is 5.16. The molecule has 0 bridgehead atoms. The van der Waals surface area contributed by atoms with Crippen LogP contribution in [-0.4, -0.2) is 35.7 Å². The van der Waals surface area contributed by atoms with Crippen LogP contribution in [0.1, 0.15) is 0 Å². The number of carbonyl (C=O) groups excluding carboxylic acids is 2. The maximum atomic E-state index is 12.0. The van der Waals surface area contributed by atoms with Crippen molar-refractivity contribution in [3.05, 3.63) is 30.0 Å². The molecule has 24 heavy (non-hydrogen) atoms. The summed E-state index contributed by atoms with van der Waals surface area (Å²) in [6.07, 6.45) is 0.787. The normalized spacial score (nSPS) is 20.2. The number of fused-ring (bicyclic) bond motifs is 2. The molecule has 1 aromatic carbocycles. The highest BCUT2D eigenvalue weighted by molar-refractivity contribution is 8.14. The van der Waals surface area contributed by atoms with Crippen LogP contribution in [0.5, 0.6) is 11.5 Å². The van der Waals surface area contributed by atoms with Crippen molar-refractivity contribution < 1.29 is 19.1 Å². The number of amidine groups is 1. The van der Waals surface area contributed by atoms with Gasteiger partial charge in [-0.15, -0.1) is 0 Å². The van der Waals surface area contributed by atoms with Crippen LogP contribution in [0, 0.1) is 0 Å². The highest BCUT2D eigenvalue weighted by Crippen LogP contribution is 2.34. The molecule has 9 nitrogen and oxygen atoms in total. The van der Waals surface area contributed by atoms with Crippen LogP contribution in [0.4, 0.5) is 5.69 Å². The van der Waals surface area contributed by atoms with E-state index < -0.39 is 6.17 Å². The third kappa shape index (κ3) is 2.83. The van der Waals surface area contributed by atoms with Crippen molar-refractivity contribution in [2.24, 2.45) is 15.2 Å². The topological polar surface area (TPSA) is 114 Å². The smallest absolute Gasteiger partial charge is 0.258 e. The molecule has 0 saturated carbocycles. The highest BCUT2D eigenvalue weighted by Gasteiger charge is 2.30. The van der Waals surface area contributed by atoms with Crippen molar-refractivity contribution in [2.75, 3.05) is 17.9 Å². The molecule has 2 N–H and O–H groups in total. The fraction of sp³-hybridized carbons (Fsp3) is 0.214. The van der Waals surface area contributed by atoms with Crippen LogP contribution in [0.25, 0.3) is 0 Å². The molecule has 0 radical (unpaired) electrons. The second kappa shape index (κ2) is 5.96. The number of azo groups is 1. The maximum Gasteiger partial charge on any atom is 0.258 e. The molecule has 1 unspecified atom stereocenters. The summed E-state index contributed by atoms with van der Waals surface area (Å²) in [5.41, 5.74) is 1.01. The minimum Gasteiger partial charge on any atom is -0.454 e. The zero-order valence-electron chi connectivity index (χ0n) is 12.2. The summed E-state index contributed by atoms with van der Waals surface area (Å²) in [4.78, 5) is 28.1. The van der Waals surface area contributed by atoms with Crippen LogP contribution in [0.2, 0.25) is 0 Å². The average molecular weight is 345 g/mol. The van der Waals surface area contributed by atoms with Gasteiger partial charge in [-0.25, -0.2) is 4.99 Å². The molecule has 2 amide bonds. The molecule has 3 aliphatic heterocycles. The Labute approximate surface area is 140 Å². The number of hydrogen-bond donors (Lipinski definition) is 2. The Hall–Kier alpha value is -2.88. The zero-order chi connectivity index (χ0) is 16.5. The number of anilines is 1. The first kappa shape index (κ1) is 14.7. The molecule has 0 saturated heterocycles. The summed E-state index contributed by atoms with van der Waals surface area (Å²) in [7, 11) is 0. The fourth-order valence-corrected chi connectivity index (χ4v) is 2.93. The first-order valence-corrected chi connectivity index (χ1v) is 7.99. The Morgan fingerprint density at radius 3 is 3.17 bits per heavy atom. The molecule has 122 valence electrons. The summed E-state index contributed by atoms with van der Waals surface area (Å²) < 4.78 is 10.5. The largest absolute Gasteiger partial charge is 0.454 e. The molecular formula is C14H11N5O4S. The summed E-state index contributed by atoms with van der Waals surface area (Å²) >= 11 is 1.12. The van der Waals surface area contributed by atoms with Crippen LogP contribution in [-0.2, 0) is 9.59 Å². The predicted octanol–water partition coefficient (Wildman–Crippen LogP) is 1.25. The molecule has 1 atom stereocenters. The average Bonchev–Trinajstić information content (AvgIpc) is 3.21. The number of amides is 2. The van der Waals surface area contributed by atoms with Crippen molar-refractivity contribution in [3.8, 4) is 11.5 Å². The lowest BCUT2D eigenvalue weighted by molar-refractivity contribution is -0.116. The van der Waals surface area contributed by atoms with Gasteiger partial charge in [0.05, 0.1) is 17.5 Å². The van der Waals surface area contributed by atoms with Crippen molar-refractivity contribution >= 4 is 34.4 Å². The van der Waals surface area contributed by atoms with Gasteiger partial charge in [-0.2, -0.15) is 10.2 Å². The lowest BCUT2D eigenvalue weighted by atomic mass is 10.2. The van der Waals surface area contributed by atoms with Gasteiger partial charge in [0.2, 0.25) is 12.7 Å². The van der Waals surface area contributed by atoms with Crippen molar-refractivity contribution in [1.29, 1.82) is 0 Å². The lowest BCUT2D eigenvalue weighted by Gasteiger charge is -2.16. The van der Waals surface area contributed by atoms with Gasteiger partial charge in [-0.05, 0) is 12.1 Å². The van der Waals surface area contributed by atoms with E-state index in [4.69, 9.17) is 9.47 Å². The van der Waals surface area contributed by atoms with Crippen molar-refractivity contribution in [2.45, 2.75) is 6.17 Å². The van der Waals surface area contributed by atoms with E-state index >= 15 is 0 Å². The summed E-state index contributed by atoms with van der Waals surface area (Å²) in [6.45, 7) is 0.178. The number of ether oxygens (including phenoxy) is 2. The Morgan fingerprint density at radius 2 is 2.25 bits per heavy atom. The Kier molecular flexibility index (Phi) is 3.65. The van der Waals surface area contributed by atoms with E-state index in [0.717, 1.165) is 11.8 Å². The van der Waals surface area contributed by atoms with Crippen LogP contribution in [0.15, 0.2) is 45.2 Å². The van der Waals surface area contributed by atoms with Crippen LogP contribution >= 0.6 is 11.8 Å². The number of thioether (sulfide) groups is 1. The van der Waals surface area contributed by atoms with E-state index in [2.05, 4.69) is 25.9 Å². The Bertz CT molecular complexity index is 819. The van der Waals surface area contributed by atoms with E-state index in [1.807, 2.05) is 0 Å². The monoisotopic (exact) mass is 345 g/mol. The molecular weight excluding hydrogens is 334 g/mol. The molecule has 0 fully saturated rings. The molecule has 3 aliphatic rings. The standard InChI is InChI=1S/C14H11N5O4S/c20-11(16-7-1-2-9-10(3-7)23-6-22-9)5-24-14-17-12-8(4-15-19-12)13(21)18-14/h1-4,12H,5-6H2,(H,16,20)(H,17,18,21). The van der Waals surface area contributed by atoms with Gasteiger partial charge in [0.15, 0.2) is 22.8 Å². The number of nitrogens with zero attached hydrogens (tertiary/aromatic N) is 3. The van der Waals surface area contributed by atoms with Crippen molar-refractivity contribution in [1.82, 2.24) is 5.32 Å². The third-order valence-corrected chi connectivity index (χ3v) is 4.26. The number of benzene rings is 1. The maximum absolute atomic E-state index is 12.0. The molecule has 0 aromatic heterocycles. The predicted molar refractivity (Wildman–Crippen MR) is 86.0 cm³/mol. The number of hydrogen-bond acceptors (Lipinski definition) is 8. The van der Waals surface area contributed by atoms with Gasteiger partial charge >= 0.3 is 0 Å². The zero-order valence-corrected chi connectivity index (χ0v) is 13.0. The quantitative estimate of drug-likeness (QED) is 0.856. The Balaban J connectivity index is 1.35. The minimum absolute atomic E-state index is 0.0937. The molecule has 3 heterocycles. The molecule has 0 spiro atoms. The van der Waals surface area contributed by atoms with E-state index in [-0.39, 0.29) is 24.4 Å². The van der Waals surface area contributed by atoms with E-state index in [9.17, 15) is 9.59 Å². The fourth-order valence-electron chi connectivity index (χ4n) is 2.25. The van der Waals surface area contributed by atoms with Gasteiger partial charge in [0.25, 0.3) is 5.91 Å². The molecule has 0 aliphatic carbocycles. The number of carbonyl (C=O) groups is 2. The number of rotatable bonds is 3. The number of aliphatic imine (C=N–C) groups is 1. The summed E-state index contributed by atoms with van der Waals surface area (Å²) in [5, 5.41) is 13.2.